The molecule has 8 heteroatoms. The van der Waals surface area contributed by atoms with E-state index in [9.17, 15) is 9.59 Å². The molecule has 1 fully saturated rings. The highest BCUT2D eigenvalue weighted by molar-refractivity contribution is 6.04. The number of hydrogen-bond acceptors (Lipinski definition) is 6. The van der Waals surface area contributed by atoms with Crippen LogP contribution in [0, 0.1) is 0 Å². The number of pyridine rings is 1. The van der Waals surface area contributed by atoms with Crippen molar-refractivity contribution in [3.05, 3.63) is 47.8 Å². The first-order valence-corrected chi connectivity index (χ1v) is 9.00. The van der Waals surface area contributed by atoms with E-state index in [1.165, 1.54) is 7.11 Å². The second-order valence-corrected chi connectivity index (χ2v) is 6.52. The third-order valence-electron chi connectivity index (χ3n) is 4.65. The van der Waals surface area contributed by atoms with Gasteiger partial charge >= 0.3 is 0 Å². The van der Waals surface area contributed by atoms with Gasteiger partial charge in [0.05, 0.1) is 19.9 Å². The minimum Gasteiger partial charge on any atom is -0.497 e. The molecule has 1 aliphatic rings. The summed E-state index contributed by atoms with van der Waals surface area (Å²) in [5.41, 5.74) is 0.919. The molecule has 2 amide bonds. The quantitative estimate of drug-likeness (QED) is 0.845. The molecule has 148 valence electrons. The Balaban J connectivity index is 1.75. The molecule has 3 rings (SSSR count). The first kappa shape index (κ1) is 19.6. The Hall–Kier alpha value is -3.13. The van der Waals surface area contributed by atoms with Crippen LogP contribution in [0.1, 0.15) is 21.0 Å². The molecule has 0 saturated carbocycles. The lowest BCUT2D eigenvalue weighted by Crippen LogP contribution is -2.47. The van der Waals surface area contributed by atoms with E-state index in [1.54, 1.807) is 48.4 Å². The monoisotopic (exact) mass is 384 g/mol. The molecule has 0 unspecified atom stereocenters. The fourth-order valence-electron chi connectivity index (χ4n) is 2.94. The summed E-state index contributed by atoms with van der Waals surface area (Å²) in [6.07, 6.45) is 0. The lowest BCUT2D eigenvalue weighted by atomic mass is 10.2. The third kappa shape index (κ3) is 4.40. The summed E-state index contributed by atoms with van der Waals surface area (Å²) < 4.78 is 10.5. The van der Waals surface area contributed by atoms with Gasteiger partial charge in [0.25, 0.3) is 11.8 Å². The molecule has 1 aliphatic heterocycles. The number of ether oxygens (including phenoxy) is 2. The Kier molecular flexibility index (Phi) is 6.10. The van der Waals surface area contributed by atoms with E-state index in [-0.39, 0.29) is 17.3 Å². The standard InChI is InChI=1S/C20H24N4O4/c1-23-9-11-24(12-10-23)20(26)17-6-4-5-16(21-17)19(25)22-15-8-7-14(27-2)13-18(15)28-3/h4-8,13H,9-12H2,1-3H3,(H,22,25). The molecule has 2 aromatic rings. The van der Waals surface area contributed by atoms with Crippen LogP contribution in [0.4, 0.5) is 5.69 Å². The molecule has 0 spiro atoms. The van der Waals surface area contributed by atoms with Crippen LogP contribution in [0.3, 0.4) is 0 Å². The number of piperazine rings is 1. The number of amides is 2. The maximum atomic E-state index is 12.7. The van der Waals surface area contributed by atoms with Crippen LogP contribution in [-0.2, 0) is 0 Å². The van der Waals surface area contributed by atoms with Gasteiger partial charge in [0.15, 0.2) is 0 Å². The van der Waals surface area contributed by atoms with Gasteiger partial charge in [-0.25, -0.2) is 4.98 Å². The molecule has 0 aliphatic carbocycles. The predicted octanol–water partition coefficient (Wildman–Crippen LogP) is 1.74. The number of nitrogens with one attached hydrogen (secondary N) is 1. The topological polar surface area (TPSA) is 84.0 Å². The number of benzene rings is 1. The highest BCUT2D eigenvalue weighted by Crippen LogP contribution is 2.29. The second-order valence-electron chi connectivity index (χ2n) is 6.52. The van der Waals surface area contributed by atoms with Crippen LogP contribution >= 0.6 is 0 Å². The van der Waals surface area contributed by atoms with Crippen molar-refractivity contribution in [2.24, 2.45) is 0 Å². The zero-order valence-corrected chi connectivity index (χ0v) is 16.3. The van der Waals surface area contributed by atoms with Crippen molar-refractivity contribution in [1.29, 1.82) is 0 Å². The predicted molar refractivity (Wildman–Crippen MR) is 105 cm³/mol. The summed E-state index contributed by atoms with van der Waals surface area (Å²) in [5.74, 6) is 0.506. The van der Waals surface area contributed by atoms with Gasteiger partial charge in [-0.05, 0) is 31.3 Å². The van der Waals surface area contributed by atoms with E-state index >= 15 is 0 Å². The molecule has 28 heavy (non-hydrogen) atoms. The zero-order chi connectivity index (χ0) is 20.1. The number of carbonyl (C=O) groups excluding carboxylic acids is 2. The Morgan fingerprint density at radius 2 is 1.71 bits per heavy atom. The Morgan fingerprint density at radius 3 is 2.39 bits per heavy atom. The molecule has 2 heterocycles. The van der Waals surface area contributed by atoms with Gasteiger partial charge in [-0.2, -0.15) is 0 Å². The number of methoxy groups -OCH3 is 2. The van der Waals surface area contributed by atoms with E-state index < -0.39 is 5.91 Å². The van der Waals surface area contributed by atoms with E-state index in [0.29, 0.717) is 30.3 Å². The average Bonchev–Trinajstić information content (AvgIpc) is 2.74. The number of anilines is 1. The van der Waals surface area contributed by atoms with Gasteiger partial charge < -0.3 is 24.6 Å². The van der Waals surface area contributed by atoms with E-state index in [2.05, 4.69) is 15.2 Å². The number of hydrogen-bond donors (Lipinski definition) is 1. The molecular weight excluding hydrogens is 360 g/mol. The highest BCUT2D eigenvalue weighted by Gasteiger charge is 2.22. The van der Waals surface area contributed by atoms with Gasteiger partial charge in [0.2, 0.25) is 0 Å². The smallest absolute Gasteiger partial charge is 0.274 e. The first-order chi connectivity index (χ1) is 13.5. The first-order valence-electron chi connectivity index (χ1n) is 9.00. The van der Waals surface area contributed by atoms with E-state index in [4.69, 9.17) is 9.47 Å². The van der Waals surface area contributed by atoms with Crippen LogP contribution in [0.5, 0.6) is 11.5 Å². The molecule has 1 aromatic heterocycles. The number of carbonyl (C=O) groups is 2. The van der Waals surface area contributed by atoms with Gasteiger partial charge in [0.1, 0.15) is 22.9 Å². The highest BCUT2D eigenvalue weighted by atomic mass is 16.5. The molecule has 0 radical (unpaired) electrons. The normalized spacial score (nSPS) is 14.5. The summed E-state index contributed by atoms with van der Waals surface area (Å²) in [6, 6.07) is 9.96. The fraction of sp³-hybridized carbons (Fsp3) is 0.350. The zero-order valence-electron chi connectivity index (χ0n) is 16.3. The summed E-state index contributed by atoms with van der Waals surface area (Å²) in [4.78, 5) is 33.5. The molecule has 1 aromatic carbocycles. The molecule has 1 N–H and O–H groups in total. The fourth-order valence-corrected chi connectivity index (χ4v) is 2.94. The van der Waals surface area contributed by atoms with Gasteiger partial charge in [0, 0.05) is 32.2 Å². The lowest BCUT2D eigenvalue weighted by Gasteiger charge is -2.32. The minimum atomic E-state index is -0.420. The summed E-state index contributed by atoms with van der Waals surface area (Å²) in [5, 5.41) is 2.77. The number of nitrogens with zero attached hydrogens (tertiary/aromatic N) is 3. The number of aromatic nitrogens is 1. The van der Waals surface area contributed by atoms with E-state index in [1.807, 2.05) is 7.05 Å². The summed E-state index contributed by atoms with van der Waals surface area (Å²) >= 11 is 0. The molecular formula is C20H24N4O4. The van der Waals surface area contributed by atoms with Crippen molar-refractivity contribution in [3.8, 4) is 11.5 Å². The van der Waals surface area contributed by atoms with E-state index in [0.717, 1.165) is 13.1 Å². The number of likely N-dealkylation sites (N-methyl/N-ethyl adjacent to an activating group) is 1. The SMILES string of the molecule is COc1ccc(NC(=O)c2cccc(C(=O)N3CCN(C)CC3)n2)c(OC)c1. The Bertz CT molecular complexity index is 863. The maximum Gasteiger partial charge on any atom is 0.274 e. The van der Waals surface area contributed by atoms with Crippen molar-refractivity contribution < 1.29 is 19.1 Å². The van der Waals surface area contributed by atoms with Crippen LogP contribution in [-0.4, -0.2) is 74.0 Å². The molecule has 1 saturated heterocycles. The lowest BCUT2D eigenvalue weighted by molar-refractivity contribution is 0.0658. The average molecular weight is 384 g/mol. The van der Waals surface area contributed by atoms with Crippen molar-refractivity contribution in [2.45, 2.75) is 0 Å². The van der Waals surface area contributed by atoms with Crippen LogP contribution in [0.15, 0.2) is 36.4 Å². The summed E-state index contributed by atoms with van der Waals surface area (Å²) in [7, 11) is 5.09. The van der Waals surface area contributed by atoms with Crippen molar-refractivity contribution in [1.82, 2.24) is 14.8 Å². The third-order valence-corrected chi connectivity index (χ3v) is 4.65. The van der Waals surface area contributed by atoms with Gasteiger partial charge in [-0.3, -0.25) is 9.59 Å². The molecule has 0 atom stereocenters. The molecule has 8 nitrogen and oxygen atoms in total. The number of rotatable bonds is 5. The van der Waals surface area contributed by atoms with Gasteiger partial charge in [-0.1, -0.05) is 6.07 Å². The minimum absolute atomic E-state index is 0.162. The van der Waals surface area contributed by atoms with Gasteiger partial charge in [-0.15, -0.1) is 0 Å². The summed E-state index contributed by atoms with van der Waals surface area (Å²) in [6.45, 7) is 2.94. The van der Waals surface area contributed by atoms with Crippen molar-refractivity contribution in [3.63, 3.8) is 0 Å². The van der Waals surface area contributed by atoms with Crippen LogP contribution in [0.2, 0.25) is 0 Å². The van der Waals surface area contributed by atoms with Crippen molar-refractivity contribution in [2.75, 3.05) is 52.8 Å². The largest absolute Gasteiger partial charge is 0.497 e. The van der Waals surface area contributed by atoms with Crippen LogP contribution < -0.4 is 14.8 Å². The maximum absolute atomic E-state index is 12.7. The Morgan fingerprint density at radius 1 is 1.00 bits per heavy atom. The van der Waals surface area contributed by atoms with Crippen LogP contribution in [0.25, 0.3) is 0 Å². The second kappa shape index (κ2) is 8.71. The van der Waals surface area contributed by atoms with Crippen molar-refractivity contribution >= 4 is 17.5 Å². The molecule has 0 bridgehead atoms. The Labute approximate surface area is 164 Å².